The number of rotatable bonds is 1. The van der Waals surface area contributed by atoms with Crippen LogP contribution in [0.2, 0.25) is 0 Å². The van der Waals surface area contributed by atoms with Crippen LogP contribution in [0, 0.1) is 5.82 Å². The van der Waals surface area contributed by atoms with Gasteiger partial charge in [0.15, 0.2) is 16.2 Å². The largest absolute Gasteiger partial charge is 0.396 e. The van der Waals surface area contributed by atoms with E-state index >= 15 is 0 Å². The maximum Gasteiger partial charge on any atom is 0.346 e. The summed E-state index contributed by atoms with van der Waals surface area (Å²) in [5, 5.41) is 0. The van der Waals surface area contributed by atoms with Crippen LogP contribution in [0.5, 0.6) is 0 Å². The Hall–Kier alpha value is -1.17. The average Bonchev–Trinajstić information content (AvgIpc) is 1.94. The summed E-state index contributed by atoms with van der Waals surface area (Å²) in [6.45, 7) is 0. The summed E-state index contributed by atoms with van der Waals surface area (Å²) in [6.07, 6.45) is 0.835. The van der Waals surface area contributed by atoms with E-state index in [4.69, 9.17) is 0 Å². The van der Waals surface area contributed by atoms with Crippen molar-refractivity contribution >= 4 is 16.2 Å². The number of anilines is 1. The van der Waals surface area contributed by atoms with Gasteiger partial charge in [0.05, 0.1) is 6.20 Å². The second-order valence-corrected chi connectivity index (χ2v) is 1.79. The molecule has 1 heterocycles. The molecule has 0 aromatic carbocycles. The third-order valence-corrected chi connectivity index (χ3v) is 1.14. The first-order valence-electron chi connectivity index (χ1n) is 2.41. The van der Waals surface area contributed by atoms with Gasteiger partial charge in [-0.15, -0.1) is 0 Å². The molecule has 1 rings (SSSR count). The molecule has 51 valence electrons. The molecule has 0 amide bonds. The number of aromatic amines is 1. The van der Waals surface area contributed by atoms with E-state index < -0.39 is 11.5 Å². The van der Waals surface area contributed by atoms with Crippen molar-refractivity contribution < 1.29 is 4.39 Å². The number of hydrogen-bond acceptors (Lipinski definition) is 3. The summed E-state index contributed by atoms with van der Waals surface area (Å²) >= 11 is 0. The van der Waals surface area contributed by atoms with Crippen LogP contribution < -0.4 is 10.7 Å². The van der Waals surface area contributed by atoms with Gasteiger partial charge in [0.25, 0.3) is 0 Å². The zero-order valence-electron chi connectivity index (χ0n) is 4.81. The van der Waals surface area contributed by atoms with Crippen LogP contribution in [0.15, 0.2) is 11.0 Å². The van der Waals surface area contributed by atoms with E-state index in [-0.39, 0.29) is 5.82 Å². The maximum absolute atomic E-state index is 12.4. The van der Waals surface area contributed by atoms with Gasteiger partial charge in [-0.3, -0.25) is 4.98 Å². The Bertz CT molecular complexity index is 286. The topological polar surface area (TPSA) is 57.8 Å². The highest BCUT2D eigenvalue weighted by atomic mass is 28.2. The van der Waals surface area contributed by atoms with E-state index in [9.17, 15) is 9.18 Å². The average molecular weight is 156 g/mol. The van der Waals surface area contributed by atoms with E-state index in [1.807, 2.05) is 0 Å². The van der Waals surface area contributed by atoms with Crippen molar-refractivity contribution in [3.63, 3.8) is 0 Å². The number of H-pyrrole nitrogens is 1. The number of nitrogens with zero attached hydrogens (tertiary/aromatic N) is 1. The molecule has 0 bridgehead atoms. The number of halogens is 1. The summed E-state index contributed by atoms with van der Waals surface area (Å²) in [7, 11) is 2.80. The maximum atomic E-state index is 12.4. The van der Waals surface area contributed by atoms with Crippen molar-refractivity contribution in [2.45, 2.75) is 0 Å². The van der Waals surface area contributed by atoms with Crippen LogP contribution in [-0.4, -0.2) is 20.4 Å². The Morgan fingerprint density at radius 2 is 2.50 bits per heavy atom. The predicted molar refractivity (Wildman–Crippen MR) is 34.2 cm³/mol. The smallest absolute Gasteiger partial charge is 0.346 e. The van der Waals surface area contributed by atoms with Crippen LogP contribution in [0.3, 0.4) is 0 Å². The van der Waals surface area contributed by atoms with Gasteiger partial charge < -0.3 is 4.98 Å². The van der Waals surface area contributed by atoms with Crippen molar-refractivity contribution in [3.05, 3.63) is 22.5 Å². The molecule has 0 saturated heterocycles. The lowest BCUT2D eigenvalue weighted by molar-refractivity contribution is 0.617. The molecule has 0 aliphatic rings. The summed E-state index contributed by atoms with van der Waals surface area (Å²) in [6, 6.07) is 0. The Morgan fingerprint density at radius 1 is 1.80 bits per heavy atom. The third-order valence-electron chi connectivity index (χ3n) is 0.891. The molecule has 0 atom stereocenters. The standard InChI is InChI=1S/C4H3FN3OSi/c5-2-1-6-4(9)7-3(2)8-10/h1H,(H2,6,7,8,9). The Balaban J connectivity index is 3.22. The normalized spacial score (nSPS) is 9.40. The zero-order valence-corrected chi connectivity index (χ0v) is 5.81. The first kappa shape index (κ1) is 6.94. The molecule has 10 heavy (non-hydrogen) atoms. The van der Waals surface area contributed by atoms with Gasteiger partial charge in [-0.05, 0) is 0 Å². The van der Waals surface area contributed by atoms with E-state index in [1.165, 1.54) is 0 Å². The molecular weight excluding hydrogens is 153 g/mol. The molecule has 0 fully saturated rings. The van der Waals surface area contributed by atoms with E-state index in [2.05, 4.69) is 25.4 Å². The minimum absolute atomic E-state index is 0.0309. The summed E-state index contributed by atoms with van der Waals surface area (Å²) in [4.78, 5) is 17.9. The molecule has 1 aromatic rings. The lowest BCUT2D eigenvalue weighted by atomic mass is 10.6. The molecule has 0 spiro atoms. The van der Waals surface area contributed by atoms with E-state index in [1.54, 1.807) is 0 Å². The lowest BCUT2D eigenvalue weighted by Crippen LogP contribution is -2.13. The molecule has 0 saturated carbocycles. The number of aromatic nitrogens is 2. The van der Waals surface area contributed by atoms with E-state index in [0.717, 1.165) is 6.20 Å². The van der Waals surface area contributed by atoms with Crippen LogP contribution >= 0.6 is 0 Å². The molecule has 0 aliphatic carbocycles. The van der Waals surface area contributed by atoms with Crippen LogP contribution in [0.25, 0.3) is 0 Å². The van der Waals surface area contributed by atoms with Gasteiger partial charge in [-0.2, -0.15) is 4.98 Å². The van der Waals surface area contributed by atoms with Gasteiger partial charge in [-0.1, -0.05) is 0 Å². The molecule has 1 aromatic heterocycles. The second-order valence-electron chi connectivity index (χ2n) is 1.54. The van der Waals surface area contributed by atoms with Crippen molar-refractivity contribution in [1.29, 1.82) is 0 Å². The van der Waals surface area contributed by atoms with Gasteiger partial charge in [0, 0.05) is 0 Å². The molecule has 3 radical (unpaired) electrons. The molecule has 0 unspecified atom stereocenters. The van der Waals surface area contributed by atoms with Crippen molar-refractivity contribution in [2.24, 2.45) is 0 Å². The van der Waals surface area contributed by atoms with Crippen molar-refractivity contribution in [1.82, 2.24) is 9.97 Å². The second kappa shape index (κ2) is 2.61. The molecular formula is C4H3FN3OSi. The monoisotopic (exact) mass is 156 g/mol. The number of hydrogen-bond donors (Lipinski definition) is 2. The Labute approximate surface area is 59.0 Å². The molecule has 0 aliphatic heterocycles. The first-order valence-corrected chi connectivity index (χ1v) is 2.91. The summed E-state index contributed by atoms with van der Waals surface area (Å²) < 4.78 is 12.4. The SMILES string of the molecule is O=c1ncc(F)c(N[Si])[nH]1. The summed E-state index contributed by atoms with van der Waals surface area (Å²) in [5.41, 5.74) is -0.595. The highest BCUT2D eigenvalue weighted by Gasteiger charge is 1.98. The van der Waals surface area contributed by atoms with Crippen molar-refractivity contribution in [3.8, 4) is 0 Å². The first-order chi connectivity index (χ1) is 4.74. The van der Waals surface area contributed by atoms with Crippen molar-refractivity contribution in [2.75, 3.05) is 4.98 Å². The van der Waals surface area contributed by atoms with Gasteiger partial charge >= 0.3 is 5.69 Å². The molecule has 6 heteroatoms. The lowest BCUT2D eigenvalue weighted by Gasteiger charge is -1.97. The van der Waals surface area contributed by atoms with Gasteiger partial charge in [-0.25, -0.2) is 9.18 Å². The van der Waals surface area contributed by atoms with E-state index in [0.29, 0.717) is 0 Å². The summed E-state index contributed by atoms with van der Waals surface area (Å²) in [5.74, 6) is -0.647. The Morgan fingerprint density at radius 3 is 3.00 bits per heavy atom. The fourth-order valence-electron chi connectivity index (χ4n) is 0.470. The highest BCUT2D eigenvalue weighted by molar-refractivity contribution is 6.15. The molecule has 2 N–H and O–H groups in total. The predicted octanol–water partition coefficient (Wildman–Crippen LogP) is -0.596. The van der Waals surface area contributed by atoms with Crippen LogP contribution in [0.4, 0.5) is 10.2 Å². The Kier molecular flexibility index (Phi) is 1.81. The van der Waals surface area contributed by atoms with Crippen LogP contribution in [0.1, 0.15) is 0 Å². The van der Waals surface area contributed by atoms with Crippen LogP contribution in [-0.2, 0) is 0 Å². The fourth-order valence-corrected chi connectivity index (χ4v) is 0.652. The zero-order chi connectivity index (χ0) is 7.56. The molecule has 4 nitrogen and oxygen atoms in total. The third kappa shape index (κ3) is 1.21. The fraction of sp³-hybridized carbons (Fsp3) is 0. The quantitative estimate of drug-likeness (QED) is 0.534. The highest BCUT2D eigenvalue weighted by Crippen LogP contribution is 2.01. The minimum atomic E-state index is -0.616. The number of nitrogens with one attached hydrogen (secondary N) is 2. The van der Waals surface area contributed by atoms with Gasteiger partial charge in [0.1, 0.15) is 5.82 Å². The van der Waals surface area contributed by atoms with Gasteiger partial charge in [0.2, 0.25) is 0 Å². The minimum Gasteiger partial charge on any atom is -0.396 e.